The van der Waals surface area contributed by atoms with Gasteiger partial charge in [-0.1, -0.05) is 60.1 Å². The number of hydrogen-bond acceptors (Lipinski definition) is 4. The smallest absolute Gasteiger partial charge is 0.244 e. The molecule has 0 bridgehead atoms. The quantitative estimate of drug-likeness (QED) is 0.418. The lowest BCUT2D eigenvalue weighted by atomic mass is 10.0. The van der Waals surface area contributed by atoms with Crippen LogP contribution in [0, 0.1) is 12.7 Å². The van der Waals surface area contributed by atoms with Gasteiger partial charge in [0, 0.05) is 25.0 Å². The number of likely N-dealkylation sites (N-methyl/N-ethyl adjacent to an activating group) is 1. The van der Waals surface area contributed by atoms with E-state index in [2.05, 4.69) is 5.32 Å². The normalized spacial score (nSPS) is 12.0. The van der Waals surface area contributed by atoms with Gasteiger partial charge < -0.3 is 10.2 Å². The molecule has 0 aliphatic carbocycles. The van der Waals surface area contributed by atoms with Gasteiger partial charge in [0.1, 0.15) is 18.4 Å². The van der Waals surface area contributed by atoms with Crippen molar-refractivity contribution in [1.82, 2.24) is 10.2 Å². The number of nitrogens with zero attached hydrogens (tertiary/aromatic N) is 2. The van der Waals surface area contributed by atoms with Crippen molar-refractivity contribution < 1.29 is 22.4 Å². The fourth-order valence-electron chi connectivity index (χ4n) is 3.95. The Morgan fingerprint density at radius 2 is 1.65 bits per heavy atom. The van der Waals surface area contributed by atoms with Gasteiger partial charge in [-0.3, -0.25) is 13.9 Å². The molecule has 37 heavy (non-hydrogen) atoms. The predicted octanol–water partition coefficient (Wildman–Crippen LogP) is 3.94. The fourth-order valence-corrected chi connectivity index (χ4v) is 5.02. The van der Waals surface area contributed by atoms with Gasteiger partial charge in [0.15, 0.2) is 0 Å². The van der Waals surface area contributed by atoms with Gasteiger partial charge >= 0.3 is 0 Å². The molecule has 3 aromatic carbocycles. The molecule has 0 heterocycles. The Kier molecular flexibility index (Phi) is 9.29. The number of rotatable bonds is 10. The molecule has 3 aromatic rings. The van der Waals surface area contributed by atoms with Gasteiger partial charge in [-0.25, -0.2) is 12.8 Å². The summed E-state index contributed by atoms with van der Waals surface area (Å²) in [7, 11) is -2.43. The minimum Gasteiger partial charge on any atom is -0.357 e. The molecule has 0 spiro atoms. The third kappa shape index (κ3) is 7.53. The van der Waals surface area contributed by atoms with E-state index in [1.165, 1.54) is 42.3 Å². The minimum absolute atomic E-state index is 0.0316. The summed E-state index contributed by atoms with van der Waals surface area (Å²) in [6.07, 6.45) is 1.20. The lowest BCUT2D eigenvalue weighted by molar-refractivity contribution is -0.139. The third-order valence-electron chi connectivity index (χ3n) is 5.90. The number of halogens is 2. The number of sulfonamides is 1. The van der Waals surface area contributed by atoms with Crippen LogP contribution in [0.5, 0.6) is 0 Å². The summed E-state index contributed by atoms with van der Waals surface area (Å²) < 4.78 is 40.1. The molecule has 10 heteroatoms. The Labute approximate surface area is 221 Å². The van der Waals surface area contributed by atoms with Crippen molar-refractivity contribution in [1.29, 1.82) is 0 Å². The van der Waals surface area contributed by atoms with E-state index in [1.54, 1.807) is 19.1 Å². The summed E-state index contributed by atoms with van der Waals surface area (Å²) in [5.74, 6) is -1.45. The summed E-state index contributed by atoms with van der Waals surface area (Å²) in [5, 5.41) is 2.92. The molecule has 0 saturated carbocycles. The lowest BCUT2D eigenvalue weighted by Crippen LogP contribution is -2.53. The molecule has 0 aliphatic heterocycles. The maximum Gasteiger partial charge on any atom is 0.244 e. The second kappa shape index (κ2) is 12.2. The molecular weight excluding hydrogens is 517 g/mol. The molecule has 0 fully saturated rings. The van der Waals surface area contributed by atoms with Crippen LogP contribution >= 0.6 is 11.6 Å². The highest BCUT2D eigenvalue weighted by molar-refractivity contribution is 7.92. The average molecular weight is 546 g/mol. The third-order valence-corrected chi connectivity index (χ3v) is 7.26. The van der Waals surface area contributed by atoms with E-state index in [0.29, 0.717) is 16.1 Å². The molecule has 1 unspecified atom stereocenters. The molecule has 0 aliphatic rings. The van der Waals surface area contributed by atoms with Crippen LogP contribution in [0.3, 0.4) is 0 Å². The summed E-state index contributed by atoms with van der Waals surface area (Å²) in [4.78, 5) is 28.2. The number of amides is 2. The predicted molar refractivity (Wildman–Crippen MR) is 143 cm³/mol. The standard InChI is InChI=1S/C27H29ClFN3O4S/c1-19-9-12-22(28)16-24(19)32(37(3,35)36)18-26(33)31(17-21-10-13-23(29)14-11-21)25(27(34)30-2)15-20-7-5-4-6-8-20/h4-14,16,25H,15,17-18H2,1-3H3,(H,30,34). The maximum absolute atomic E-state index is 13.8. The van der Waals surface area contributed by atoms with E-state index < -0.39 is 40.2 Å². The van der Waals surface area contributed by atoms with Crippen LogP contribution in [0.25, 0.3) is 0 Å². The molecular formula is C27H29ClFN3O4S. The summed E-state index contributed by atoms with van der Waals surface area (Å²) in [6.45, 7) is 1.13. The number of carbonyl (C=O) groups is 2. The largest absolute Gasteiger partial charge is 0.357 e. The first kappa shape index (κ1) is 28.1. The van der Waals surface area contributed by atoms with Crippen molar-refractivity contribution in [3.63, 3.8) is 0 Å². The van der Waals surface area contributed by atoms with Crippen LogP contribution in [-0.2, 0) is 32.6 Å². The zero-order chi connectivity index (χ0) is 27.2. The lowest BCUT2D eigenvalue weighted by Gasteiger charge is -2.33. The van der Waals surface area contributed by atoms with Crippen molar-refractivity contribution in [2.24, 2.45) is 0 Å². The zero-order valence-corrected chi connectivity index (χ0v) is 22.4. The van der Waals surface area contributed by atoms with E-state index >= 15 is 0 Å². The van der Waals surface area contributed by atoms with E-state index in [1.807, 2.05) is 30.3 Å². The van der Waals surface area contributed by atoms with Crippen LogP contribution in [0.2, 0.25) is 5.02 Å². The van der Waals surface area contributed by atoms with E-state index in [4.69, 9.17) is 11.6 Å². The van der Waals surface area contributed by atoms with Gasteiger partial charge in [-0.2, -0.15) is 0 Å². The molecule has 1 atom stereocenters. The number of benzene rings is 3. The topological polar surface area (TPSA) is 86.8 Å². The van der Waals surface area contributed by atoms with E-state index in [-0.39, 0.29) is 18.7 Å². The van der Waals surface area contributed by atoms with Crippen LogP contribution in [0.1, 0.15) is 16.7 Å². The number of nitrogens with one attached hydrogen (secondary N) is 1. The molecule has 196 valence electrons. The number of aryl methyl sites for hydroxylation is 1. The van der Waals surface area contributed by atoms with Crippen molar-refractivity contribution in [2.45, 2.75) is 25.9 Å². The first-order chi connectivity index (χ1) is 17.5. The highest BCUT2D eigenvalue weighted by atomic mass is 35.5. The molecule has 0 saturated heterocycles. The zero-order valence-electron chi connectivity index (χ0n) is 20.8. The summed E-state index contributed by atoms with van der Waals surface area (Å²) in [5.41, 5.74) is 2.28. The first-order valence-electron chi connectivity index (χ1n) is 11.5. The molecule has 1 N–H and O–H groups in total. The molecule has 2 amide bonds. The van der Waals surface area contributed by atoms with Gasteiger partial charge in [0.25, 0.3) is 0 Å². The molecule has 3 rings (SSSR count). The van der Waals surface area contributed by atoms with Crippen molar-refractivity contribution >= 4 is 39.1 Å². The second-order valence-corrected chi connectivity index (χ2v) is 11.0. The Bertz CT molecular complexity index is 1350. The second-order valence-electron chi connectivity index (χ2n) is 8.67. The Hall–Kier alpha value is -3.43. The van der Waals surface area contributed by atoms with Crippen LogP contribution in [0.15, 0.2) is 72.8 Å². The van der Waals surface area contributed by atoms with Crippen LogP contribution < -0.4 is 9.62 Å². The minimum atomic E-state index is -3.90. The van der Waals surface area contributed by atoms with Gasteiger partial charge in [0.2, 0.25) is 21.8 Å². The number of carbonyl (C=O) groups excluding carboxylic acids is 2. The fraction of sp³-hybridized carbons (Fsp3) is 0.259. The Balaban J connectivity index is 2.04. The number of anilines is 1. The maximum atomic E-state index is 13.8. The molecule has 0 radical (unpaired) electrons. The highest BCUT2D eigenvalue weighted by Crippen LogP contribution is 2.27. The van der Waals surface area contributed by atoms with Crippen molar-refractivity contribution in [3.05, 3.63) is 100 Å². The van der Waals surface area contributed by atoms with Crippen LogP contribution in [0.4, 0.5) is 10.1 Å². The average Bonchev–Trinajstić information content (AvgIpc) is 2.86. The van der Waals surface area contributed by atoms with Gasteiger partial charge in [0.05, 0.1) is 11.9 Å². The van der Waals surface area contributed by atoms with Gasteiger partial charge in [-0.05, 0) is 47.9 Å². The van der Waals surface area contributed by atoms with E-state index in [0.717, 1.165) is 16.1 Å². The monoisotopic (exact) mass is 545 g/mol. The van der Waals surface area contributed by atoms with Gasteiger partial charge in [-0.15, -0.1) is 0 Å². The first-order valence-corrected chi connectivity index (χ1v) is 13.8. The number of hydrogen-bond donors (Lipinski definition) is 1. The molecule has 0 aromatic heterocycles. The summed E-state index contributed by atoms with van der Waals surface area (Å²) >= 11 is 6.13. The van der Waals surface area contributed by atoms with Crippen molar-refractivity contribution in [2.75, 3.05) is 24.2 Å². The SMILES string of the molecule is CNC(=O)C(Cc1ccccc1)N(Cc1ccc(F)cc1)C(=O)CN(c1cc(Cl)ccc1C)S(C)(=O)=O. The van der Waals surface area contributed by atoms with E-state index in [9.17, 15) is 22.4 Å². The Morgan fingerprint density at radius 1 is 1.00 bits per heavy atom. The van der Waals surface area contributed by atoms with Crippen LogP contribution in [-0.4, -0.2) is 51.0 Å². The highest BCUT2D eigenvalue weighted by Gasteiger charge is 2.33. The summed E-state index contributed by atoms with van der Waals surface area (Å²) in [6, 6.07) is 18.6. The van der Waals surface area contributed by atoms with Crippen molar-refractivity contribution in [3.8, 4) is 0 Å². The Morgan fingerprint density at radius 3 is 2.24 bits per heavy atom. The molecule has 7 nitrogen and oxygen atoms in total.